The summed E-state index contributed by atoms with van der Waals surface area (Å²) >= 11 is 6.34. The van der Waals surface area contributed by atoms with Crippen molar-refractivity contribution in [2.75, 3.05) is 39.4 Å². The molecule has 2 aliphatic heterocycles. The van der Waals surface area contributed by atoms with Crippen molar-refractivity contribution in [2.24, 2.45) is 0 Å². The second-order valence-corrected chi connectivity index (χ2v) is 7.77. The Kier molecular flexibility index (Phi) is 6.59. The van der Waals surface area contributed by atoms with Crippen molar-refractivity contribution in [3.63, 3.8) is 0 Å². The van der Waals surface area contributed by atoms with Gasteiger partial charge >= 0.3 is 0 Å². The SMILES string of the molecule is O=C(c1cnc(OC2CCOCC2)c(Cl)c1)N1CCN(Cc2ccncc2)CC1. The topological polar surface area (TPSA) is 67.8 Å². The summed E-state index contributed by atoms with van der Waals surface area (Å²) in [5.74, 6) is 0.345. The highest BCUT2D eigenvalue weighted by Gasteiger charge is 2.24. The van der Waals surface area contributed by atoms with E-state index in [9.17, 15) is 4.79 Å². The molecule has 8 heteroatoms. The van der Waals surface area contributed by atoms with Crippen molar-refractivity contribution in [2.45, 2.75) is 25.5 Å². The van der Waals surface area contributed by atoms with E-state index >= 15 is 0 Å². The predicted molar refractivity (Wildman–Crippen MR) is 109 cm³/mol. The molecule has 29 heavy (non-hydrogen) atoms. The Morgan fingerprint density at radius 2 is 1.90 bits per heavy atom. The van der Waals surface area contributed by atoms with Gasteiger partial charge in [-0.05, 0) is 23.8 Å². The van der Waals surface area contributed by atoms with Gasteiger partial charge in [0.1, 0.15) is 11.1 Å². The van der Waals surface area contributed by atoms with Crippen molar-refractivity contribution in [1.29, 1.82) is 0 Å². The third-order valence-electron chi connectivity index (χ3n) is 5.32. The number of hydrogen-bond acceptors (Lipinski definition) is 6. The number of carbonyl (C=O) groups excluding carboxylic acids is 1. The van der Waals surface area contributed by atoms with E-state index in [1.165, 1.54) is 5.56 Å². The maximum absolute atomic E-state index is 12.9. The van der Waals surface area contributed by atoms with Gasteiger partial charge in [0.15, 0.2) is 0 Å². The Morgan fingerprint density at radius 3 is 2.59 bits per heavy atom. The average Bonchev–Trinajstić information content (AvgIpc) is 2.77. The Bertz CT molecular complexity index is 822. The lowest BCUT2D eigenvalue weighted by atomic mass is 10.1. The number of hydrogen-bond donors (Lipinski definition) is 0. The van der Waals surface area contributed by atoms with Gasteiger partial charge in [-0.2, -0.15) is 0 Å². The largest absolute Gasteiger partial charge is 0.473 e. The van der Waals surface area contributed by atoms with Crippen molar-refractivity contribution >= 4 is 17.5 Å². The number of piperazine rings is 1. The molecule has 0 spiro atoms. The van der Waals surface area contributed by atoms with E-state index in [1.807, 2.05) is 17.0 Å². The zero-order valence-corrected chi connectivity index (χ0v) is 17.1. The smallest absolute Gasteiger partial charge is 0.255 e. The number of amides is 1. The van der Waals surface area contributed by atoms with Crippen molar-refractivity contribution in [3.05, 3.63) is 52.9 Å². The Labute approximate surface area is 175 Å². The molecule has 0 aliphatic carbocycles. The molecule has 0 saturated carbocycles. The van der Waals surface area contributed by atoms with Crippen LogP contribution in [-0.4, -0.2) is 71.2 Å². The summed E-state index contributed by atoms with van der Waals surface area (Å²) in [6, 6.07) is 5.71. The molecule has 0 radical (unpaired) electrons. The molecule has 0 bridgehead atoms. The van der Waals surface area contributed by atoms with Gasteiger partial charge in [-0.15, -0.1) is 0 Å². The fraction of sp³-hybridized carbons (Fsp3) is 0.476. The lowest BCUT2D eigenvalue weighted by Crippen LogP contribution is -2.48. The highest BCUT2D eigenvalue weighted by atomic mass is 35.5. The number of aromatic nitrogens is 2. The highest BCUT2D eigenvalue weighted by molar-refractivity contribution is 6.32. The van der Waals surface area contributed by atoms with Gasteiger partial charge in [0.05, 0.1) is 18.8 Å². The second kappa shape index (κ2) is 9.52. The number of nitrogens with zero attached hydrogens (tertiary/aromatic N) is 4. The standard InChI is InChI=1S/C21H25ClN4O3/c22-19-13-17(14-24-20(19)29-18-3-11-28-12-4-18)21(27)26-9-7-25(8-10-26)15-16-1-5-23-6-2-16/h1-2,5-6,13-14,18H,3-4,7-12,15H2. The van der Waals surface area contributed by atoms with Crippen LogP contribution in [-0.2, 0) is 11.3 Å². The van der Waals surface area contributed by atoms with E-state index < -0.39 is 0 Å². The molecule has 7 nitrogen and oxygen atoms in total. The molecular weight excluding hydrogens is 392 g/mol. The van der Waals surface area contributed by atoms with Crippen LogP contribution >= 0.6 is 11.6 Å². The summed E-state index contributed by atoms with van der Waals surface area (Å²) in [7, 11) is 0. The zero-order valence-electron chi connectivity index (χ0n) is 16.3. The molecule has 154 valence electrons. The maximum Gasteiger partial charge on any atom is 0.255 e. The number of carbonyl (C=O) groups is 1. The van der Waals surface area contributed by atoms with E-state index in [0.717, 1.165) is 32.5 Å². The first kappa shape index (κ1) is 20.1. The second-order valence-electron chi connectivity index (χ2n) is 7.36. The minimum Gasteiger partial charge on any atom is -0.473 e. The van der Waals surface area contributed by atoms with Crippen LogP contribution in [0.15, 0.2) is 36.8 Å². The van der Waals surface area contributed by atoms with Crippen LogP contribution in [0, 0.1) is 0 Å². The van der Waals surface area contributed by atoms with Gasteiger partial charge in [0.2, 0.25) is 5.88 Å². The van der Waals surface area contributed by atoms with Gasteiger partial charge in [-0.25, -0.2) is 4.98 Å². The van der Waals surface area contributed by atoms with E-state index in [-0.39, 0.29) is 12.0 Å². The van der Waals surface area contributed by atoms with E-state index in [0.29, 0.717) is 42.8 Å². The van der Waals surface area contributed by atoms with Crippen molar-refractivity contribution < 1.29 is 14.3 Å². The average molecular weight is 417 g/mol. The maximum atomic E-state index is 12.9. The zero-order chi connectivity index (χ0) is 20.1. The molecule has 1 amide bonds. The van der Waals surface area contributed by atoms with E-state index in [2.05, 4.69) is 14.9 Å². The molecule has 2 aliphatic rings. The molecule has 2 aromatic rings. The first-order valence-corrected chi connectivity index (χ1v) is 10.4. The first-order valence-electron chi connectivity index (χ1n) is 9.99. The third-order valence-corrected chi connectivity index (χ3v) is 5.59. The Balaban J connectivity index is 1.32. The molecule has 0 unspecified atom stereocenters. The lowest BCUT2D eigenvalue weighted by molar-refractivity contribution is 0.0237. The Morgan fingerprint density at radius 1 is 1.17 bits per heavy atom. The number of pyridine rings is 2. The lowest BCUT2D eigenvalue weighted by Gasteiger charge is -2.34. The monoisotopic (exact) mass is 416 g/mol. The molecule has 2 fully saturated rings. The van der Waals surface area contributed by atoms with Crippen molar-refractivity contribution in [3.8, 4) is 5.88 Å². The summed E-state index contributed by atoms with van der Waals surface area (Å²) in [6.45, 7) is 5.28. The summed E-state index contributed by atoms with van der Waals surface area (Å²) in [4.78, 5) is 25.4. The van der Waals surface area contributed by atoms with Gasteiger partial charge in [0, 0.05) is 64.2 Å². The van der Waals surface area contributed by atoms with E-state index in [4.69, 9.17) is 21.1 Å². The van der Waals surface area contributed by atoms with Crippen LogP contribution in [0.4, 0.5) is 0 Å². The van der Waals surface area contributed by atoms with Crippen LogP contribution in [0.25, 0.3) is 0 Å². The van der Waals surface area contributed by atoms with Gasteiger partial charge in [-0.1, -0.05) is 11.6 Å². The normalized spacial score (nSPS) is 18.6. The van der Waals surface area contributed by atoms with Gasteiger partial charge < -0.3 is 14.4 Å². The molecule has 0 N–H and O–H groups in total. The summed E-state index contributed by atoms with van der Waals surface area (Å²) in [5, 5.41) is 0.374. The minimum atomic E-state index is -0.0411. The van der Waals surface area contributed by atoms with Crippen LogP contribution in [0.5, 0.6) is 5.88 Å². The van der Waals surface area contributed by atoms with Crippen LogP contribution < -0.4 is 4.74 Å². The first-order chi connectivity index (χ1) is 14.2. The van der Waals surface area contributed by atoms with Crippen LogP contribution in [0.1, 0.15) is 28.8 Å². The summed E-state index contributed by atoms with van der Waals surface area (Å²) < 4.78 is 11.2. The number of ether oxygens (including phenoxy) is 2. The predicted octanol–water partition coefficient (Wildman–Crippen LogP) is 2.65. The summed E-state index contributed by atoms with van der Waals surface area (Å²) in [5.41, 5.74) is 1.73. The quantitative estimate of drug-likeness (QED) is 0.746. The molecular formula is C21H25ClN4O3. The summed E-state index contributed by atoms with van der Waals surface area (Å²) in [6.07, 6.45) is 6.88. The Hall–Kier alpha value is -2.22. The fourth-order valence-corrected chi connectivity index (χ4v) is 3.83. The van der Waals surface area contributed by atoms with Crippen LogP contribution in [0.2, 0.25) is 5.02 Å². The molecule has 0 atom stereocenters. The fourth-order valence-electron chi connectivity index (χ4n) is 3.62. The minimum absolute atomic E-state index is 0.0411. The number of halogens is 1. The highest BCUT2D eigenvalue weighted by Crippen LogP contribution is 2.26. The molecule has 4 heterocycles. The third kappa shape index (κ3) is 5.23. The van der Waals surface area contributed by atoms with Gasteiger partial charge in [0.25, 0.3) is 5.91 Å². The number of rotatable bonds is 5. The van der Waals surface area contributed by atoms with E-state index in [1.54, 1.807) is 24.7 Å². The van der Waals surface area contributed by atoms with Gasteiger partial charge in [-0.3, -0.25) is 14.7 Å². The molecule has 4 rings (SSSR count). The molecule has 2 aromatic heterocycles. The molecule has 0 aromatic carbocycles. The van der Waals surface area contributed by atoms with Crippen molar-refractivity contribution in [1.82, 2.24) is 19.8 Å². The molecule has 2 saturated heterocycles. The van der Waals surface area contributed by atoms with Crippen LogP contribution in [0.3, 0.4) is 0 Å².